The van der Waals surface area contributed by atoms with Crippen LogP contribution in [-0.2, 0) is 52.3 Å². The molecule has 4 aromatic carbocycles. The molecule has 0 radical (unpaired) electrons. The fourth-order valence-corrected chi connectivity index (χ4v) is 6.73. The predicted octanol–water partition coefficient (Wildman–Crippen LogP) is 15.4. The molecule has 0 fully saturated rings. The third-order valence-electron chi connectivity index (χ3n) is 10.2. The van der Waals surface area contributed by atoms with Gasteiger partial charge in [0, 0.05) is 0 Å². The molecule has 306 valence electrons. The van der Waals surface area contributed by atoms with Crippen molar-refractivity contribution in [3.8, 4) is 11.1 Å². The van der Waals surface area contributed by atoms with Gasteiger partial charge in [-0.05, 0) is 39.4 Å². The Morgan fingerprint density at radius 2 is 0.964 bits per heavy atom. The van der Waals surface area contributed by atoms with E-state index in [1.807, 2.05) is 48.5 Å². The molecule has 2 aliphatic rings. The van der Waals surface area contributed by atoms with Crippen molar-refractivity contribution in [2.45, 2.75) is 153 Å². The zero-order valence-electron chi connectivity index (χ0n) is 38.2. The molecule has 0 aromatic heterocycles. The Kier molecular flexibility index (Phi) is 21.3. The summed E-state index contributed by atoms with van der Waals surface area (Å²) in [5.74, 6) is 0.560. The third kappa shape index (κ3) is 15.1. The number of hydrogen-bond acceptors (Lipinski definition) is 0. The van der Waals surface area contributed by atoms with Crippen molar-refractivity contribution in [1.82, 2.24) is 0 Å². The van der Waals surface area contributed by atoms with E-state index in [1.54, 1.807) is 0 Å². The maximum absolute atomic E-state index is 3.90. The summed E-state index contributed by atoms with van der Waals surface area (Å²) in [5.41, 5.74) is 18.8. The molecule has 1 unspecified atom stereocenters. The first-order valence-corrected chi connectivity index (χ1v) is 21.3. The van der Waals surface area contributed by atoms with E-state index in [9.17, 15) is 0 Å². The fraction of sp³-hybridized carbons (Fsp3) is 0.453. The normalized spacial score (nSPS) is 14.2. The molecule has 2 aliphatic carbocycles. The molecule has 0 amide bonds. The van der Waals surface area contributed by atoms with Gasteiger partial charge in [0.15, 0.2) is 0 Å². The van der Waals surface area contributed by atoms with E-state index in [4.69, 9.17) is 0 Å². The van der Waals surface area contributed by atoms with E-state index in [0.717, 1.165) is 6.42 Å². The van der Waals surface area contributed by atoms with Crippen LogP contribution >= 0.6 is 24.8 Å². The molecule has 3 heteroatoms. The van der Waals surface area contributed by atoms with Gasteiger partial charge >= 0.3 is 28.4 Å². The maximum atomic E-state index is 3.90. The van der Waals surface area contributed by atoms with Crippen LogP contribution in [0.1, 0.15) is 155 Å². The van der Waals surface area contributed by atoms with Gasteiger partial charge in [-0.3, -0.25) is 6.08 Å². The fourth-order valence-electron chi connectivity index (χ4n) is 6.73. The molecule has 0 aliphatic heterocycles. The molecule has 56 heavy (non-hydrogen) atoms. The summed E-state index contributed by atoms with van der Waals surface area (Å²) in [5, 5.41) is 0. The van der Waals surface area contributed by atoms with E-state index in [0.29, 0.717) is 5.92 Å². The molecule has 0 nitrogen and oxygen atoms in total. The Morgan fingerprint density at radius 1 is 0.571 bits per heavy atom. The first-order valence-electron chi connectivity index (χ1n) is 19.6. The summed E-state index contributed by atoms with van der Waals surface area (Å²) < 4.78 is 3.34. The number of fused-ring (bicyclic) bond motifs is 3. The van der Waals surface area contributed by atoms with Crippen molar-refractivity contribution in [3.05, 3.63) is 152 Å². The minimum atomic E-state index is 0. The molecular formula is C53H72Cl2Zr-4. The van der Waals surface area contributed by atoms with Crippen molar-refractivity contribution >= 4 is 29.0 Å². The monoisotopic (exact) mass is 868 g/mol. The zero-order valence-corrected chi connectivity index (χ0v) is 42.2. The van der Waals surface area contributed by atoms with Gasteiger partial charge in [-0.2, -0.15) is 101 Å². The Bertz CT molecular complexity index is 1770. The van der Waals surface area contributed by atoms with Crippen LogP contribution in [0.15, 0.2) is 83.4 Å². The van der Waals surface area contributed by atoms with Gasteiger partial charge in [0.1, 0.15) is 0 Å². The molecule has 0 saturated carbocycles. The number of allylic oxidation sites excluding steroid dienone is 4. The van der Waals surface area contributed by atoms with E-state index in [2.05, 4.69) is 171 Å². The number of halogens is 2. The van der Waals surface area contributed by atoms with Crippen molar-refractivity contribution in [2.75, 3.05) is 0 Å². The van der Waals surface area contributed by atoms with E-state index in [1.165, 1.54) is 96.6 Å². The molecule has 0 spiro atoms. The van der Waals surface area contributed by atoms with Gasteiger partial charge in [-0.25, -0.2) is 5.57 Å². The Balaban J connectivity index is 0.000000904. The molecule has 0 bridgehead atoms. The average Bonchev–Trinajstić information content (AvgIpc) is 3.54. The Hall–Kier alpha value is -2.31. The summed E-state index contributed by atoms with van der Waals surface area (Å²) in [7, 11) is 0. The number of benzene rings is 4. The summed E-state index contributed by atoms with van der Waals surface area (Å²) in [4.78, 5) is 0. The van der Waals surface area contributed by atoms with Crippen LogP contribution in [0.3, 0.4) is 0 Å². The van der Waals surface area contributed by atoms with Gasteiger partial charge in [0.05, 0.1) is 0 Å². The number of hydrogen-bond donors (Lipinski definition) is 0. The minimum absolute atomic E-state index is 0. The van der Waals surface area contributed by atoms with Crippen LogP contribution in [0.4, 0.5) is 0 Å². The average molecular weight is 871 g/mol. The molecule has 6 rings (SSSR count). The zero-order chi connectivity index (χ0) is 41.4. The van der Waals surface area contributed by atoms with Gasteiger partial charge in [-0.15, -0.1) is 48.4 Å². The summed E-state index contributed by atoms with van der Waals surface area (Å²) >= 11 is 1.30. The van der Waals surface area contributed by atoms with Gasteiger partial charge < -0.3 is 0 Å². The van der Waals surface area contributed by atoms with E-state index in [-0.39, 0.29) is 46.5 Å². The second kappa shape index (κ2) is 22.2. The Labute approximate surface area is 372 Å². The molecule has 4 aromatic rings. The van der Waals surface area contributed by atoms with Crippen molar-refractivity contribution in [1.29, 1.82) is 0 Å². The first kappa shape index (κ1) is 53.7. The van der Waals surface area contributed by atoms with Crippen molar-refractivity contribution < 1.29 is 24.2 Å². The van der Waals surface area contributed by atoms with Gasteiger partial charge in [0.25, 0.3) is 0 Å². The van der Waals surface area contributed by atoms with Crippen LogP contribution in [0.2, 0.25) is 0 Å². The SMILES string of the molecule is CC(C)(C)c1[c-]c2c(cc1C(C)(C)C)-c1cc(C(C)(C)C)c(C(C)(C)C)cc1C2.CC1=[C-]C(C)C(C)=C1C.Cc1cc[c-]cc1.Cc1cc[c-]cc1.Cl.Cl.[CH2]=[Zr]. The van der Waals surface area contributed by atoms with Gasteiger partial charge in [-0.1, -0.05) is 147 Å². The second-order valence-corrected chi connectivity index (χ2v) is 19.1. The summed E-state index contributed by atoms with van der Waals surface area (Å²) in [6.07, 6.45) is 4.36. The van der Waals surface area contributed by atoms with E-state index >= 15 is 0 Å². The van der Waals surface area contributed by atoms with E-state index < -0.39 is 0 Å². The summed E-state index contributed by atoms with van der Waals surface area (Å²) in [6, 6.07) is 33.0. The quantitative estimate of drug-likeness (QED) is 0.136. The third-order valence-corrected chi connectivity index (χ3v) is 10.2. The molecule has 0 N–H and O–H groups in total. The molecular weight excluding hydrogens is 799 g/mol. The molecule has 0 saturated heterocycles. The predicted molar refractivity (Wildman–Crippen MR) is 250 cm³/mol. The topological polar surface area (TPSA) is 0 Å². The van der Waals surface area contributed by atoms with Gasteiger partial charge in [0.2, 0.25) is 0 Å². The van der Waals surface area contributed by atoms with Crippen LogP contribution < -0.4 is 0 Å². The van der Waals surface area contributed by atoms with Crippen molar-refractivity contribution in [3.63, 3.8) is 0 Å². The summed E-state index contributed by atoms with van der Waals surface area (Å²) in [6.45, 7) is 40.8. The molecule has 1 atom stereocenters. The van der Waals surface area contributed by atoms with Crippen LogP contribution in [0.5, 0.6) is 0 Å². The Morgan fingerprint density at radius 3 is 1.25 bits per heavy atom. The van der Waals surface area contributed by atoms with Crippen LogP contribution in [-0.4, -0.2) is 4.21 Å². The van der Waals surface area contributed by atoms with Crippen LogP contribution in [0.25, 0.3) is 11.1 Å². The molecule has 0 heterocycles. The number of aryl methyl sites for hydroxylation is 2. The second-order valence-electron chi connectivity index (χ2n) is 19.1. The first-order chi connectivity index (χ1) is 24.8. The van der Waals surface area contributed by atoms with Crippen molar-refractivity contribution in [2.24, 2.45) is 5.92 Å². The van der Waals surface area contributed by atoms with Crippen LogP contribution in [0, 0.1) is 44.0 Å². The number of rotatable bonds is 0. The standard InChI is InChI=1S/C29H41.C9H13.2C7H7.CH2.2ClH.Zr/c1-26(2,3)22-14-18-13-19-15-23(27(4,5)6)25(29(10,11)12)17-21(19)20(18)16-24(22)28(7,8)9;1-6-5-7(2)9(4)8(6)3;2*1-7-5-3-2-4-6-7;;;;/h14,16-17H,13H2,1-12H3;6H,1-4H3;2*3-6H,1H3;1H2;2*1H;/q4*-1;;;;.